The monoisotopic (exact) mass is 342 g/mol. The number of likely N-dealkylation sites (tertiary alicyclic amines) is 1. The fraction of sp³-hybridized carbons (Fsp3) is 0.750. The van der Waals surface area contributed by atoms with E-state index in [9.17, 15) is 18.0 Å². The van der Waals surface area contributed by atoms with Gasteiger partial charge in [0.15, 0.2) is 0 Å². The van der Waals surface area contributed by atoms with Crippen molar-refractivity contribution in [2.24, 2.45) is 5.92 Å². The molecule has 0 bridgehead atoms. The van der Waals surface area contributed by atoms with Gasteiger partial charge in [-0.1, -0.05) is 6.58 Å². The topological polar surface area (TPSA) is 83.6 Å². The summed E-state index contributed by atoms with van der Waals surface area (Å²) in [4.78, 5) is 25.6. The number of nitrogens with zero attached hydrogens (tertiary/aromatic N) is 1. The maximum absolute atomic E-state index is 12.3. The molecule has 0 aromatic rings. The third kappa shape index (κ3) is 4.80. The van der Waals surface area contributed by atoms with Gasteiger partial charge in [-0.3, -0.25) is 9.59 Å². The normalized spacial score (nSPS) is 26.6. The standard InChI is InChI=1S/C16H26N2O4S/c1-3-15(19)18-10-8-12(9-11-18)16(20)17-13-4-6-14(7-5-13)23(2,21)22/h3,12-14H,1,4-11H2,2H3,(H,17,20). The van der Waals surface area contributed by atoms with Gasteiger partial charge in [-0.2, -0.15) is 0 Å². The SMILES string of the molecule is C=CC(=O)N1CCC(C(=O)NC2CCC(S(C)(=O)=O)CC2)CC1. The van der Waals surface area contributed by atoms with Gasteiger partial charge in [0, 0.05) is 31.3 Å². The Labute approximate surface area is 138 Å². The largest absolute Gasteiger partial charge is 0.353 e. The van der Waals surface area contributed by atoms with Crippen LogP contribution in [-0.4, -0.2) is 55.8 Å². The number of nitrogens with one attached hydrogen (secondary N) is 1. The van der Waals surface area contributed by atoms with E-state index in [-0.39, 0.29) is 29.0 Å². The van der Waals surface area contributed by atoms with Gasteiger partial charge in [0.1, 0.15) is 9.84 Å². The van der Waals surface area contributed by atoms with Crippen LogP contribution in [-0.2, 0) is 19.4 Å². The lowest BCUT2D eigenvalue weighted by Crippen LogP contribution is -2.46. The minimum atomic E-state index is -2.97. The molecule has 2 fully saturated rings. The molecule has 2 rings (SSSR count). The van der Waals surface area contributed by atoms with Crippen LogP contribution in [0.2, 0.25) is 0 Å². The van der Waals surface area contributed by atoms with Gasteiger partial charge >= 0.3 is 0 Å². The minimum absolute atomic E-state index is 0.0403. The average molecular weight is 342 g/mol. The van der Waals surface area contributed by atoms with Gasteiger partial charge in [0.25, 0.3) is 0 Å². The Bertz CT molecular complexity index is 557. The van der Waals surface area contributed by atoms with Crippen molar-refractivity contribution in [2.45, 2.75) is 49.8 Å². The molecule has 1 N–H and O–H groups in total. The summed E-state index contributed by atoms with van der Waals surface area (Å²) < 4.78 is 23.1. The molecule has 130 valence electrons. The third-order valence-electron chi connectivity index (χ3n) is 4.98. The van der Waals surface area contributed by atoms with Gasteiger partial charge in [0.05, 0.1) is 5.25 Å². The molecule has 1 saturated heterocycles. The van der Waals surface area contributed by atoms with Crippen molar-refractivity contribution < 1.29 is 18.0 Å². The van der Waals surface area contributed by atoms with E-state index in [4.69, 9.17) is 0 Å². The van der Waals surface area contributed by atoms with Crippen molar-refractivity contribution >= 4 is 21.7 Å². The first kappa shape index (κ1) is 18.0. The Morgan fingerprint density at radius 1 is 1.09 bits per heavy atom. The molecule has 0 spiro atoms. The van der Waals surface area contributed by atoms with E-state index in [1.807, 2.05) is 0 Å². The van der Waals surface area contributed by atoms with E-state index in [1.54, 1.807) is 4.90 Å². The molecule has 1 aliphatic carbocycles. The van der Waals surface area contributed by atoms with Crippen molar-refractivity contribution in [2.75, 3.05) is 19.3 Å². The van der Waals surface area contributed by atoms with Crippen LogP contribution in [0.15, 0.2) is 12.7 Å². The second kappa shape index (κ2) is 7.47. The Kier molecular flexibility index (Phi) is 5.84. The van der Waals surface area contributed by atoms with Crippen LogP contribution < -0.4 is 5.32 Å². The van der Waals surface area contributed by atoms with Crippen LogP contribution in [0.1, 0.15) is 38.5 Å². The lowest BCUT2D eigenvalue weighted by Gasteiger charge is -2.33. The van der Waals surface area contributed by atoms with Crippen molar-refractivity contribution in [1.82, 2.24) is 10.2 Å². The second-order valence-electron chi connectivity index (χ2n) is 6.62. The van der Waals surface area contributed by atoms with Gasteiger partial charge in [-0.15, -0.1) is 0 Å². The van der Waals surface area contributed by atoms with E-state index in [0.717, 1.165) is 12.8 Å². The minimum Gasteiger partial charge on any atom is -0.353 e. The average Bonchev–Trinajstić information content (AvgIpc) is 2.54. The van der Waals surface area contributed by atoms with Crippen molar-refractivity contribution in [3.8, 4) is 0 Å². The molecule has 1 aliphatic heterocycles. The number of rotatable bonds is 4. The van der Waals surface area contributed by atoms with E-state index < -0.39 is 9.84 Å². The first-order valence-electron chi connectivity index (χ1n) is 8.22. The Balaban J connectivity index is 1.76. The zero-order valence-corrected chi connectivity index (χ0v) is 14.5. The highest BCUT2D eigenvalue weighted by atomic mass is 32.2. The summed E-state index contributed by atoms with van der Waals surface area (Å²) in [5.74, 6) is -0.0991. The number of carbonyl (C=O) groups excluding carboxylic acids is 2. The maximum Gasteiger partial charge on any atom is 0.245 e. The molecule has 2 amide bonds. The number of hydrogen-bond donors (Lipinski definition) is 1. The zero-order valence-electron chi connectivity index (χ0n) is 13.7. The number of carbonyl (C=O) groups is 2. The van der Waals surface area contributed by atoms with E-state index in [2.05, 4.69) is 11.9 Å². The maximum atomic E-state index is 12.3. The number of hydrogen-bond acceptors (Lipinski definition) is 4. The summed E-state index contributed by atoms with van der Waals surface area (Å²) in [6.45, 7) is 4.65. The Morgan fingerprint density at radius 2 is 1.65 bits per heavy atom. The first-order valence-corrected chi connectivity index (χ1v) is 10.2. The molecule has 0 aromatic heterocycles. The Morgan fingerprint density at radius 3 is 2.13 bits per heavy atom. The number of amides is 2. The third-order valence-corrected chi connectivity index (χ3v) is 6.66. The van der Waals surface area contributed by atoms with Crippen LogP contribution in [0, 0.1) is 5.92 Å². The molecule has 7 heteroatoms. The van der Waals surface area contributed by atoms with Crippen molar-refractivity contribution in [3.63, 3.8) is 0 Å². The summed E-state index contributed by atoms with van der Waals surface area (Å²) in [5.41, 5.74) is 0. The van der Waals surface area contributed by atoms with Crippen LogP contribution in [0.5, 0.6) is 0 Å². The van der Waals surface area contributed by atoms with Crippen LogP contribution in [0.4, 0.5) is 0 Å². The summed E-state index contributed by atoms with van der Waals surface area (Å²) in [5, 5.41) is 2.80. The van der Waals surface area contributed by atoms with Crippen LogP contribution >= 0.6 is 0 Å². The van der Waals surface area contributed by atoms with Gasteiger partial charge in [-0.25, -0.2) is 8.42 Å². The van der Waals surface area contributed by atoms with E-state index in [0.29, 0.717) is 38.8 Å². The molecule has 6 nitrogen and oxygen atoms in total. The number of piperidine rings is 1. The quantitative estimate of drug-likeness (QED) is 0.769. The lowest BCUT2D eigenvalue weighted by molar-refractivity contribution is -0.132. The molecular weight excluding hydrogens is 316 g/mol. The highest BCUT2D eigenvalue weighted by molar-refractivity contribution is 7.91. The summed E-state index contributed by atoms with van der Waals surface area (Å²) in [6, 6.07) is 0.0772. The smallest absolute Gasteiger partial charge is 0.245 e. The highest BCUT2D eigenvalue weighted by Gasteiger charge is 2.31. The molecular formula is C16H26N2O4S. The Hall–Kier alpha value is -1.37. The zero-order chi connectivity index (χ0) is 17.0. The fourth-order valence-corrected chi connectivity index (χ4v) is 4.57. The molecule has 1 heterocycles. The summed E-state index contributed by atoms with van der Waals surface area (Å²) in [7, 11) is -2.97. The van der Waals surface area contributed by atoms with Crippen LogP contribution in [0.3, 0.4) is 0 Å². The fourth-order valence-electron chi connectivity index (χ4n) is 3.45. The molecule has 0 unspecified atom stereocenters. The first-order chi connectivity index (χ1) is 10.8. The molecule has 0 aromatic carbocycles. The molecule has 2 aliphatic rings. The van der Waals surface area contributed by atoms with Crippen molar-refractivity contribution in [3.05, 3.63) is 12.7 Å². The predicted octanol–water partition coefficient (Wildman–Crippen LogP) is 0.883. The second-order valence-corrected chi connectivity index (χ2v) is 8.94. The van der Waals surface area contributed by atoms with Gasteiger partial charge in [-0.05, 0) is 44.6 Å². The highest BCUT2D eigenvalue weighted by Crippen LogP contribution is 2.25. The van der Waals surface area contributed by atoms with Crippen molar-refractivity contribution in [1.29, 1.82) is 0 Å². The predicted molar refractivity (Wildman–Crippen MR) is 88.5 cm³/mol. The van der Waals surface area contributed by atoms with E-state index in [1.165, 1.54) is 12.3 Å². The molecule has 0 radical (unpaired) electrons. The number of sulfone groups is 1. The molecule has 1 saturated carbocycles. The summed E-state index contributed by atoms with van der Waals surface area (Å²) in [6.07, 6.45) is 6.62. The lowest BCUT2D eigenvalue weighted by atomic mass is 9.92. The van der Waals surface area contributed by atoms with Gasteiger partial charge < -0.3 is 10.2 Å². The van der Waals surface area contributed by atoms with Crippen LogP contribution in [0.25, 0.3) is 0 Å². The van der Waals surface area contributed by atoms with E-state index >= 15 is 0 Å². The van der Waals surface area contributed by atoms with Gasteiger partial charge in [0.2, 0.25) is 11.8 Å². The summed E-state index contributed by atoms with van der Waals surface area (Å²) >= 11 is 0. The molecule has 23 heavy (non-hydrogen) atoms. The molecule has 0 atom stereocenters.